The van der Waals surface area contributed by atoms with Gasteiger partial charge >= 0.3 is 6.03 Å². The second-order valence-corrected chi connectivity index (χ2v) is 8.72. The molecule has 2 saturated heterocycles. The highest BCUT2D eigenvalue weighted by Crippen LogP contribution is 2.40. The summed E-state index contributed by atoms with van der Waals surface area (Å²) in [5, 5.41) is 2.95. The van der Waals surface area contributed by atoms with Crippen LogP contribution in [0.5, 0.6) is 0 Å². The monoisotopic (exact) mass is 404 g/mol. The first-order chi connectivity index (χ1) is 13.9. The Morgan fingerprint density at radius 2 is 1.83 bits per heavy atom. The van der Waals surface area contributed by atoms with Crippen molar-refractivity contribution in [3.63, 3.8) is 0 Å². The average molecular weight is 405 g/mol. The van der Waals surface area contributed by atoms with E-state index in [0.717, 1.165) is 32.0 Å². The Bertz CT molecular complexity index is 747. The number of urea groups is 1. The van der Waals surface area contributed by atoms with Crippen molar-refractivity contribution < 1.29 is 14.3 Å². The lowest BCUT2D eigenvalue weighted by Crippen LogP contribution is -2.58. The molecule has 0 saturated carbocycles. The highest BCUT2D eigenvalue weighted by molar-refractivity contribution is 5.81. The third kappa shape index (κ3) is 3.98. The normalized spacial score (nSPS) is 24.6. The minimum atomic E-state index is -0.608. The molecule has 0 unspecified atom stereocenters. The summed E-state index contributed by atoms with van der Waals surface area (Å²) in [6.07, 6.45) is 4.49. The SMILES string of the molecule is CC(C)NC(=O)N1CCC2(CC1)O[C@H](C(=O)N1CCN(C)CC1)Cn1ccnc12. The lowest BCUT2D eigenvalue weighted by molar-refractivity contribution is -0.180. The van der Waals surface area contributed by atoms with Crippen molar-refractivity contribution in [2.45, 2.75) is 51.0 Å². The number of likely N-dealkylation sites (N-methyl/N-ethyl adjacent to an activating group) is 1. The topological polar surface area (TPSA) is 82.9 Å². The van der Waals surface area contributed by atoms with Crippen LogP contribution in [-0.4, -0.2) is 94.7 Å². The third-order valence-corrected chi connectivity index (χ3v) is 6.21. The van der Waals surface area contributed by atoms with Gasteiger partial charge in [0.2, 0.25) is 0 Å². The minimum absolute atomic E-state index is 0.0425. The number of amides is 3. The number of likely N-dealkylation sites (tertiary alicyclic amines) is 1. The zero-order valence-electron chi connectivity index (χ0n) is 17.6. The molecule has 4 heterocycles. The van der Waals surface area contributed by atoms with Crippen LogP contribution < -0.4 is 5.32 Å². The number of rotatable bonds is 2. The Morgan fingerprint density at radius 3 is 2.48 bits per heavy atom. The van der Waals surface area contributed by atoms with Gasteiger partial charge in [-0.2, -0.15) is 0 Å². The van der Waals surface area contributed by atoms with Crippen molar-refractivity contribution in [1.82, 2.24) is 29.6 Å². The Balaban J connectivity index is 1.48. The van der Waals surface area contributed by atoms with Gasteiger partial charge in [-0.05, 0) is 20.9 Å². The number of piperazine rings is 1. The van der Waals surface area contributed by atoms with Crippen molar-refractivity contribution >= 4 is 11.9 Å². The number of ether oxygens (including phenoxy) is 1. The Morgan fingerprint density at radius 1 is 1.14 bits per heavy atom. The summed E-state index contributed by atoms with van der Waals surface area (Å²) < 4.78 is 8.57. The van der Waals surface area contributed by atoms with Crippen molar-refractivity contribution in [3.05, 3.63) is 18.2 Å². The average Bonchev–Trinajstić information content (AvgIpc) is 3.18. The molecule has 9 nitrogen and oxygen atoms in total. The van der Waals surface area contributed by atoms with E-state index in [9.17, 15) is 9.59 Å². The van der Waals surface area contributed by atoms with Gasteiger partial charge in [0.1, 0.15) is 11.4 Å². The van der Waals surface area contributed by atoms with Gasteiger partial charge in [-0.1, -0.05) is 0 Å². The van der Waals surface area contributed by atoms with E-state index in [-0.39, 0.29) is 18.0 Å². The van der Waals surface area contributed by atoms with Crippen molar-refractivity contribution in [3.8, 4) is 0 Å². The Labute approximate surface area is 172 Å². The fourth-order valence-corrected chi connectivity index (χ4v) is 4.51. The van der Waals surface area contributed by atoms with Crippen molar-refractivity contribution in [1.29, 1.82) is 0 Å². The lowest BCUT2D eigenvalue weighted by atomic mass is 9.88. The van der Waals surface area contributed by atoms with Gasteiger partial charge in [0.25, 0.3) is 5.91 Å². The van der Waals surface area contributed by atoms with Crippen molar-refractivity contribution in [2.75, 3.05) is 46.3 Å². The zero-order valence-corrected chi connectivity index (χ0v) is 17.6. The van der Waals surface area contributed by atoms with Crippen LogP contribution in [0.2, 0.25) is 0 Å². The summed E-state index contributed by atoms with van der Waals surface area (Å²) in [6, 6.07) is 0.0628. The van der Waals surface area contributed by atoms with E-state index in [1.807, 2.05) is 29.8 Å². The zero-order chi connectivity index (χ0) is 20.6. The molecule has 0 aliphatic carbocycles. The molecular weight excluding hydrogens is 372 g/mol. The van der Waals surface area contributed by atoms with Gasteiger partial charge in [0.05, 0.1) is 6.54 Å². The van der Waals surface area contributed by atoms with E-state index in [1.54, 1.807) is 6.20 Å². The van der Waals surface area contributed by atoms with Crippen LogP contribution in [0.15, 0.2) is 12.4 Å². The third-order valence-electron chi connectivity index (χ3n) is 6.21. The van der Waals surface area contributed by atoms with Crippen LogP contribution in [0, 0.1) is 0 Å². The maximum Gasteiger partial charge on any atom is 0.317 e. The quantitative estimate of drug-likeness (QED) is 0.775. The summed E-state index contributed by atoms with van der Waals surface area (Å²) >= 11 is 0. The molecule has 2 fully saturated rings. The largest absolute Gasteiger partial charge is 0.352 e. The van der Waals surface area contributed by atoms with Gasteiger partial charge < -0.3 is 29.3 Å². The molecule has 1 N–H and O–H groups in total. The fourth-order valence-electron chi connectivity index (χ4n) is 4.51. The van der Waals surface area contributed by atoms with E-state index >= 15 is 0 Å². The minimum Gasteiger partial charge on any atom is -0.352 e. The maximum absolute atomic E-state index is 13.2. The van der Waals surface area contributed by atoms with E-state index in [1.165, 1.54) is 0 Å². The molecule has 160 valence electrons. The Kier molecular flexibility index (Phi) is 5.52. The number of imidazole rings is 1. The van der Waals surface area contributed by atoms with Gasteiger partial charge in [0, 0.05) is 70.5 Å². The molecule has 4 rings (SSSR count). The van der Waals surface area contributed by atoms with Crippen molar-refractivity contribution in [2.24, 2.45) is 0 Å². The number of nitrogens with one attached hydrogen (secondary N) is 1. The van der Waals surface area contributed by atoms with Crippen LogP contribution in [0.25, 0.3) is 0 Å². The first-order valence-electron chi connectivity index (χ1n) is 10.6. The van der Waals surface area contributed by atoms with Crippen LogP contribution in [0.3, 0.4) is 0 Å². The predicted octanol–water partition coefficient (Wildman–Crippen LogP) is 0.465. The van der Waals surface area contributed by atoms with Crippen LogP contribution in [0.4, 0.5) is 4.79 Å². The number of fused-ring (bicyclic) bond motifs is 2. The van der Waals surface area contributed by atoms with Crippen LogP contribution in [-0.2, 0) is 21.7 Å². The standard InChI is InChI=1S/C20H32N6O3/c1-15(2)22-19(28)25-7-4-20(5-8-25)18-21-6-9-26(18)14-16(29-20)17(27)24-12-10-23(3)11-13-24/h6,9,15-16H,4-5,7-8,10-14H2,1-3H3,(H,22,28)/t16-/m0/s1. The second-order valence-electron chi connectivity index (χ2n) is 8.72. The lowest BCUT2D eigenvalue weighted by Gasteiger charge is -2.46. The summed E-state index contributed by atoms with van der Waals surface area (Å²) in [7, 11) is 2.08. The van der Waals surface area contributed by atoms with E-state index in [2.05, 4.69) is 26.8 Å². The summed E-state index contributed by atoms with van der Waals surface area (Å²) in [4.78, 5) is 36.1. The molecule has 0 aromatic carbocycles. The van der Waals surface area contributed by atoms with Gasteiger partial charge in [-0.15, -0.1) is 0 Å². The molecule has 1 aromatic heterocycles. The van der Waals surface area contributed by atoms with Gasteiger partial charge in [-0.25, -0.2) is 9.78 Å². The first-order valence-corrected chi connectivity index (χ1v) is 10.6. The molecule has 3 amide bonds. The molecule has 1 atom stereocenters. The number of hydrogen-bond donors (Lipinski definition) is 1. The fraction of sp³-hybridized carbons (Fsp3) is 0.750. The molecule has 1 spiro atoms. The number of hydrogen-bond acceptors (Lipinski definition) is 5. The molecule has 0 bridgehead atoms. The molecule has 1 aromatic rings. The summed E-state index contributed by atoms with van der Waals surface area (Å²) in [5.74, 6) is 0.945. The smallest absolute Gasteiger partial charge is 0.317 e. The number of carbonyl (C=O) groups excluding carboxylic acids is 2. The molecule has 3 aliphatic rings. The van der Waals surface area contributed by atoms with E-state index in [0.29, 0.717) is 32.5 Å². The number of piperidine rings is 1. The molecule has 0 radical (unpaired) electrons. The highest BCUT2D eigenvalue weighted by Gasteiger charge is 2.48. The molecule has 9 heteroatoms. The van der Waals surface area contributed by atoms with Crippen LogP contribution >= 0.6 is 0 Å². The predicted molar refractivity (Wildman–Crippen MR) is 107 cm³/mol. The van der Waals surface area contributed by atoms with Gasteiger partial charge in [0.15, 0.2) is 6.10 Å². The number of aromatic nitrogens is 2. The van der Waals surface area contributed by atoms with Crippen LogP contribution in [0.1, 0.15) is 32.5 Å². The second kappa shape index (κ2) is 7.95. The number of carbonyl (C=O) groups is 2. The Hall–Kier alpha value is -2.13. The summed E-state index contributed by atoms with van der Waals surface area (Å²) in [6.45, 7) is 8.84. The number of nitrogens with zero attached hydrogens (tertiary/aromatic N) is 5. The van der Waals surface area contributed by atoms with E-state index < -0.39 is 11.7 Å². The molecular formula is C20H32N6O3. The molecule has 29 heavy (non-hydrogen) atoms. The molecule has 3 aliphatic heterocycles. The first kappa shape index (κ1) is 20.2. The van der Waals surface area contributed by atoms with Gasteiger partial charge in [-0.3, -0.25) is 4.79 Å². The summed E-state index contributed by atoms with van der Waals surface area (Å²) in [5.41, 5.74) is -0.608. The maximum atomic E-state index is 13.2. The highest BCUT2D eigenvalue weighted by atomic mass is 16.5. The van der Waals surface area contributed by atoms with E-state index in [4.69, 9.17) is 4.74 Å².